The molecule has 0 unspecified atom stereocenters. The van der Waals surface area contributed by atoms with E-state index in [2.05, 4.69) is 33.4 Å². The number of thioether (sulfide) groups is 1. The Balaban J connectivity index is 1.72. The zero-order valence-corrected chi connectivity index (χ0v) is 16.3. The molecule has 0 radical (unpaired) electrons. The highest BCUT2D eigenvalue weighted by molar-refractivity contribution is 9.10. The van der Waals surface area contributed by atoms with Crippen LogP contribution in [-0.2, 0) is 17.1 Å². The maximum absolute atomic E-state index is 12.0. The molecule has 24 heavy (non-hydrogen) atoms. The zero-order chi connectivity index (χ0) is 17.4. The third-order valence-corrected chi connectivity index (χ3v) is 4.71. The van der Waals surface area contributed by atoms with Crippen LogP contribution in [0.25, 0.3) is 0 Å². The molecule has 2 aromatic rings. The molecule has 1 N–H and O–H groups in total. The second-order valence-corrected chi connectivity index (χ2v) is 7.61. The van der Waals surface area contributed by atoms with E-state index in [4.69, 9.17) is 4.74 Å². The maximum atomic E-state index is 12.0. The van der Waals surface area contributed by atoms with Gasteiger partial charge >= 0.3 is 0 Å². The Labute approximate surface area is 156 Å². The van der Waals surface area contributed by atoms with Crippen molar-refractivity contribution in [2.24, 2.45) is 0 Å². The van der Waals surface area contributed by atoms with E-state index in [0.717, 1.165) is 21.5 Å². The monoisotopic (exact) mass is 407 g/mol. The van der Waals surface area contributed by atoms with Crippen LogP contribution in [0.4, 0.5) is 0 Å². The first-order valence-electron chi connectivity index (χ1n) is 7.87. The molecular formula is C19H22BrNO2S. The van der Waals surface area contributed by atoms with E-state index in [1.807, 2.05) is 50.2 Å². The number of hydrogen-bond donors (Lipinski definition) is 1. The van der Waals surface area contributed by atoms with Gasteiger partial charge in [-0.15, -0.1) is 11.8 Å². The first kappa shape index (κ1) is 18.9. The Hall–Kier alpha value is -1.46. The van der Waals surface area contributed by atoms with Crippen LogP contribution in [0, 0.1) is 0 Å². The van der Waals surface area contributed by atoms with E-state index < -0.39 is 0 Å². The lowest BCUT2D eigenvalue weighted by Crippen LogP contribution is -2.24. The number of amides is 1. The minimum Gasteiger partial charge on any atom is -0.491 e. The van der Waals surface area contributed by atoms with E-state index in [0.29, 0.717) is 12.3 Å². The SMILES string of the molecule is CC(C)Oc1cccc(CNC(=O)CSCc2ccc(Br)cc2)c1. The first-order chi connectivity index (χ1) is 11.5. The fraction of sp³-hybridized carbons (Fsp3) is 0.316. The van der Waals surface area contributed by atoms with E-state index in [-0.39, 0.29) is 12.0 Å². The Bertz CT molecular complexity index is 659. The lowest BCUT2D eigenvalue weighted by atomic mass is 10.2. The van der Waals surface area contributed by atoms with E-state index in [9.17, 15) is 4.79 Å². The quantitative estimate of drug-likeness (QED) is 0.683. The number of ether oxygens (including phenoxy) is 1. The molecule has 0 aromatic heterocycles. The number of rotatable bonds is 8. The summed E-state index contributed by atoms with van der Waals surface area (Å²) in [5.74, 6) is 2.17. The molecular weight excluding hydrogens is 386 g/mol. The molecule has 0 fully saturated rings. The van der Waals surface area contributed by atoms with Crippen LogP contribution in [0.3, 0.4) is 0 Å². The molecule has 0 saturated carbocycles. The largest absolute Gasteiger partial charge is 0.491 e. The third kappa shape index (κ3) is 6.97. The molecule has 128 valence electrons. The van der Waals surface area contributed by atoms with Gasteiger partial charge in [0.1, 0.15) is 5.75 Å². The van der Waals surface area contributed by atoms with E-state index in [1.165, 1.54) is 5.56 Å². The lowest BCUT2D eigenvalue weighted by Gasteiger charge is -2.11. The van der Waals surface area contributed by atoms with Gasteiger partial charge in [-0.2, -0.15) is 0 Å². The summed E-state index contributed by atoms with van der Waals surface area (Å²) in [6, 6.07) is 16.0. The summed E-state index contributed by atoms with van der Waals surface area (Å²) in [5.41, 5.74) is 2.26. The zero-order valence-electron chi connectivity index (χ0n) is 13.9. The average Bonchev–Trinajstić information content (AvgIpc) is 2.54. The second-order valence-electron chi connectivity index (χ2n) is 5.71. The van der Waals surface area contributed by atoms with Crippen molar-refractivity contribution in [3.8, 4) is 5.75 Å². The van der Waals surface area contributed by atoms with Crippen molar-refractivity contribution in [1.82, 2.24) is 5.32 Å². The summed E-state index contributed by atoms with van der Waals surface area (Å²) in [6.07, 6.45) is 0.143. The van der Waals surface area contributed by atoms with Crippen LogP contribution < -0.4 is 10.1 Å². The predicted octanol–water partition coefficient (Wildman–Crippen LogP) is 4.79. The van der Waals surface area contributed by atoms with E-state index in [1.54, 1.807) is 11.8 Å². The Morgan fingerprint density at radius 1 is 1.17 bits per heavy atom. The Morgan fingerprint density at radius 2 is 1.92 bits per heavy atom. The van der Waals surface area contributed by atoms with Gasteiger partial charge in [-0.25, -0.2) is 0 Å². The minimum absolute atomic E-state index is 0.0484. The summed E-state index contributed by atoms with van der Waals surface area (Å²) in [5, 5.41) is 2.95. The molecule has 0 saturated heterocycles. The number of carbonyl (C=O) groups excluding carboxylic acids is 1. The molecule has 0 spiro atoms. The number of halogens is 1. The molecule has 0 atom stereocenters. The highest BCUT2D eigenvalue weighted by Crippen LogP contribution is 2.16. The van der Waals surface area contributed by atoms with Gasteiger partial charge in [0.25, 0.3) is 0 Å². The van der Waals surface area contributed by atoms with Gasteiger partial charge in [-0.3, -0.25) is 4.79 Å². The number of benzene rings is 2. The smallest absolute Gasteiger partial charge is 0.230 e. The highest BCUT2D eigenvalue weighted by atomic mass is 79.9. The normalized spacial score (nSPS) is 10.7. The predicted molar refractivity (Wildman–Crippen MR) is 104 cm³/mol. The van der Waals surface area contributed by atoms with Gasteiger partial charge in [0.15, 0.2) is 0 Å². The van der Waals surface area contributed by atoms with Crippen molar-refractivity contribution in [2.45, 2.75) is 32.2 Å². The van der Waals surface area contributed by atoms with E-state index >= 15 is 0 Å². The third-order valence-electron chi connectivity index (χ3n) is 3.18. The summed E-state index contributed by atoms with van der Waals surface area (Å²) in [6.45, 7) is 4.52. The summed E-state index contributed by atoms with van der Waals surface area (Å²) in [7, 11) is 0. The number of nitrogens with one attached hydrogen (secondary N) is 1. The summed E-state index contributed by atoms with van der Waals surface area (Å²) < 4.78 is 6.73. The van der Waals surface area contributed by atoms with Gasteiger partial charge in [-0.1, -0.05) is 40.2 Å². The van der Waals surface area contributed by atoms with Crippen LogP contribution in [0.2, 0.25) is 0 Å². The molecule has 0 heterocycles. The topological polar surface area (TPSA) is 38.3 Å². The first-order valence-corrected chi connectivity index (χ1v) is 9.82. The van der Waals surface area contributed by atoms with Crippen LogP contribution in [0.1, 0.15) is 25.0 Å². The van der Waals surface area contributed by atoms with Crippen LogP contribution in [0.15, 0.2) is 53.0 Å². The summed E-state index contributed by atoms with van der Waals surface area (Å²) >= 11 is 5.03. The fourth-order valence-electron chi connectivity index (χ4n) is 2.09. The number of hydrogen-bond acceptors (Lipinski definition) is 3. The van der Waals surface area contributed by atoms with Gasteiger partial charge in [0.05, 0.1) is 11.9 Å². The molecule has 3 nitrogen and oxygen atoms in total. The average molecular weight is 408 g/mol. The van der Waals surface area contributed by atoms with Gasteiger partial charge < -0.3 is 10.1 Å². The molecule has 0 bridgehead atoms. The molecule has 2 aromatic carbocycles. The van der Waals surface area contributed by atoms with Gasteiger partial charge in [0.2, 0.25) is 5.91 Å². The Morgan fingerprint density at radius 3 is 2.62 bits per heavy atom. The van der Waals surface area contributed by atoms with Gasteiger partial charge in [-0.05, 0) is 49.2 Å². The van der Waals surface area contributed by atoms with Crippen molar-refractivity contribution in [1.29, 1.82) is 0 Å². The lowest BCUT2D eigenvalue weighted by molar-refractivity contribution is -0.118. The van der Waals surface area contributed by atoms with Crippen molar-refractivity contribution in [2.75, 3.05) is 5.75 Å². The fourth-order valence-corrected chi connectivity index (χ4v) is 3.18. The van der Waals surface area contributed by atoms with Crippen LogP contribution >= 0.6 is 27.7 Å². The van der Waals surface area contributed by atoms with Crippen molar-refractivity contribution in [3.05, 3.63) is 64.1 Å². The van der Waals surface area contributed by atoms with Crippen LogP contribution in [0.5, 0.6) is 5.75 Å². The Kier molecular flexibility index (Phi) is 7.66. The standard InChI is InChI=1S/C19H22BrNO2S/c1-14(2)23-18-5-3-4-16(10-18)11-21-19(22)13-24-12-15-6-8-17(20)9-7-15/h3-10,14H,11-13H2,1-2H3,(H,21,22). The van der Waals surface area contributed by atoms with Crippen molar-refractivity contribution in [3.63, 3.8) is 0 Å². The van der Waals surface area contributed by atoms with Gasteiger partial charge in [0, 0.05) is 16.8 Å². The molecule has 0 aliphatic carbocycles. The minimum atomic E-state index is 0.0484. The molecule has 0 aliphatic rings. The number of carbonyl (C=O) groups is 1. The maximum Gasteiger partial charge on any atom is 0.230 e. The summed E-state index contributed by atoms with van der Waals surface area (Å²) in [4.78, 5) is 12.0. The second kappa shape index (κ2) is 9.74. The molecule has 0 aliphatic heterocycles. The molecule has 1 amide bonds. The highest BCUT2D eigenvalue weighted by Gasteiger charge is 2.04. The van der Waals surface area contributed by atoms with Crippen molar-refractivity contribution >= 4 is 33.6 Å². The molecule has 2 rings (SSSR count). The van der Waals surface area contributed by atoms with Crippen molar-refractivity contribution < 1.29 is 9.53 Å². The molecule has 5 heteroatoms. The van der Waals surface area contributed by atoms with Crippen LogP contribution in [-0.4, -0.2) is 17.8 Å².